The molecule has 0 spiro atoms. The Bertz CT molecular complexity index is 1410. The highest BCUT2D eigenvalue weighted by molar-refractivity contribution is 7.47. The molecule has 1 fully saturated rings. The highest BCUT2D eigenvalue weighted by Crippen LogP contribution is 2.47. The minimum absolute atomic E-state index is 0.106. The molecule has 482 valence electrons. The monoisotopic (exact) mass is 1170 g/mol. The molecule has 14 heteroatoms. The molecule has 0 amide bonds. The number of carbonyl (C=O) groups excluding carboxylic acids is 2. The molecule has 0 bridgehead atoms. The third kappa shape index (κ3) is 47.7. The maximum atomic E-state index is 12.9. The first-order chi connectivity index (χ1) is 39.4. The molecule has 0 aromatic carbocycles. The average Bonchev–Trinajstić information content (AvgIpc) is 3.48. The number of rotatable bonds is 62. The lowest BCUT2D eigenvalue weighted by Gasteiger charge is -2.41. The maximum absolute atomic E-state index is 12.9. The van der Waals surface area contributed by atoms with E-state index in [9.17, 15) is 44.6 Å². The molecule has 0 heterocycles. The summed E-state index contributed by atoms with van der Waals surface area (Å²) in [5.74, 6) is -1.07. The fourth-order valence-electron chi connectivity index (χ4n) is 11.5. The predicted molar refractivity (Wildman–Crippen MR) is 332 cm³/mol. The molecule has 1 rings (SSSR count). The number of aliphatic hydroxyl groups excluding tert-OH is 5. The number of hydrogen-bond donors (Lipinski definition) is 6. The van der Waals surface area contributed by atoms with Crippen molar-refractivity contribution in [2.24, 2.45) is 0 Å². The summed E-state index contributed by atoms with van der Waals surface area (Å²) in [6.07, 6.45) is 54.6. The fourth-order valence-corrected chi connectivity index (χ4v) is 12.4. The van der Waals surface area contributed by atoms with Gasteiger partial charge in [0.25, 0.3) is 0 Å². The van der Waals surface area contributed by atoms with Crippen molar-refractivity contribution in [2.75, 3.05) is 13.2 Å². The zero-order valence-electron chi connectivity index (χ0n) is 52.6. The van der Waals surface area contributed by atoms with Gasteiger partial charge in [0.1, 0.15) is 43.2 Å². The first kappa shape index (κ1) is 77.9. The van der Waals surface area contributed by atoms with Crippen molar-refractivity contribution in [2.45, 2.75) is 403 Å². The van der Waals surface area contributed by atoms with Crippen LogP contribution in [0, 0.1) is 0 Å². The molecule has 1 aliphatic rings. The number of esters is 2. The molecule has 0 radical (unpaired) electrons. The van der Waals surface area contributed by atoms with Crippen molar-refractivity contribution in [1.82, 2.24) is 0 Å². The highest BCUT2D eigenvalue weighted by atomic mass is 31.2. The van der Waals surface area contributed by atoms with Crippen LogP contribution in [0.1, 0.15) is 361 Å². The normalized spacial score (nSPS) is 19.5. The highest BCUT2D eigenvalue weighted by Gasteiger charge is 2.51. The third-order valence-corrected chi connectivity index (χ3v) is 17.9. The Kier molecular flexibility index (Phi) is 54.5. The van der Waals surface area contributed by atoms with E-state index < -0.39 is 75.7 Å². The average molecular weight is 1180 g/mol. The van der Waals surface area contributed by atoms with Crippen LogP contribution in [0.15, 0.2) is 0 Å². The second kappa shape index (κ2) is 56.6. The SMILES string of the molecule is CCCCCCCCCCCCCCCCCCCCCCCCCCCCC(=O)OC[C@H](COP(=O)(O)OC1C(O)C(O)C(O)[C@@H](O)C1O)OC(=O)CCCCCCCCCCCCCCCCCCCCCCCCCCCC. The minimum atomic E-state index is -5.13. The van der Waals surface area contributed by atoms with Gasteiger partial charge in [0.05, 0.1) is 6.61 Å². The van der Waals surface area contributed by atoms with Crippen molar-refractivity contribution in [3.63, 3.8) is 0 Å². The first-order valence-electron chi connectivity index (χ1n) is 34.8. The van der Waals surface area contributed by atoms with Gasteiger partial charge >= 0.3 is 19.8 Å². The number of hydrogen-bond acceptors (Lipinski definition) is 12. The minimum Gasteiger partial charge on any atom is -0.462 e. The number of ether oxygens (including phenoxy) is 2. The summed E-state index contributed by atoms with van der Waals surface area (Å²) < 4.78 is 33.9. The standard InChI is InChI=1S/C67H131O13P/c1-3-5-7-9-11-13-15-17-19-21-23-25-27-29-31-33-35-37-39-41-43-45-47-49-51-53-55-60(68)77-57-59(58-78-81(75,76)80-67-65(73)63(71)62(70)64(72)66(67)74)79-61(69)56-54-52-50-48-46-44-42-40-38-36-34-32-30-28-26-24-22-20-18-16-14-12-10-8-6-4-2/h59,62-67,70-74H,3-58H2,1-2H3,(H,75,76)/t59-,62?,63-,64?,65?,66?,67?/m1/s1. The van der Waals surface area contributed by atoms with Crippen LogP contribution in [0.4, 0.5) is 0 Å². The summed E-state index contributed by atoms with van der Waals surface area (Å²) in [4.78, 5) is 36.2. The summed E-state index contributed by atoms with van der Waals surface area (Å²) in [6, 6.07) is 0. The van der Waals surface area contributed by atoms with Crippen molar-refractivity contribution < 1.29 is 63.1 Å². The summed E-state index contributed by atoms with van der Waals surface area (Å²) in [7, 11) is -5.13. The van der Waals surface area contributed by atoms with Gasteiger partial charge in [-0.05, 0) is 12.8 Å². The predicted octanol–water partition coefficient (Wildman–Crippen LogP) is 17.9. The third-order valence-electron chi connectivity index (χ3n) is 16.9. The van der Waals surface area contributed by atoms with Crippen LogP contribution >= 0.6 is 7.82 Å². The van der Waals surface area contributed by atoms with Gasteiger partial charge in [0, 0.05) is 12.8 Å². The fraction of sp³-hybridized carbons (Fsp3) is 0.970. The van der Waals surface area contributed by atoms with Gasteiger partial charge in [-0.2, -0.15) is 0 Å². The van der Waals surface area contributed by atoms with E-state index in [-0.39, 0.29) is 12.8 Å². The molecule has 6 unspecified atom stereocenters. The molecule has 0 aromatic rings. The lowest BCUT2D eigenvalue weighted by molar-refractivity contribution is -0.220. The van der Waals surface area contributed by atoms with Gasteiger partial charge < -0.3 is 39.9 Å². The second-order valence-corrected chi connectivity index (χ2v) is 26.2. The second-order valence-electron chi connectivity index (χ2n) is 24.8. The van der Waals surface area contributed by atoms with Crippen LogP contribution in [0.2, 0.25) is 0 Å². The summed E-state index contributed by atoms with van der Waals surface area (Å²) in [5.41, 5.74) is 0. The summed E-state index contributed by atoms with van der Waals surface area (Å²) in [6.45, 7) is 3.41. The molecule has 1 aliphatic carbocycles. The van der Waals surface area contributed by atoms with Gasteiger partial charge in [-0.3, -0.25) is 18.6 Å². The molecule has 1 saturated carbocycles. The number of unbranched alkanes of at least 4 members (excludes halogenated alkanes) is 50. The number of aliphatic hydroxyl groups is 5. The molecule has 0 aliphatic heterocycles. The smallest absolute Gasteiger partial charge is 0.462 e. The maximum Gasteiger partial charge on any atom is 0.472 e. The zero-order valence-corrected chi connectivity index (χ0v) is 53.5. The van der Waals surface area contributed by atoms with Gasteiger partial charge in [0.15, 0.2) is 6.10 Å². The Morgan fingerprint density at radius 2 is 0.556 bits per heavy atom. The van der Waals surface area contributed by atoms with Crippen molar-refractivity contribution in [1.29, 1.82) is 0 Å². The number of phosphoric ester groups is 1. The van der Waals surface area contributed by atoms with Gasteiger partial charge in [-0.15, -0.1) is 0 Å². The number of carbonyl (C=O) groups is 2. The van der Waals surface area contributed by atoms with E-state index in [2.05, 4.69) is 13.8 Å². The van der Waals surface area contributed by atoms with E-state index in [1.54, 1.807) is 0 Å². The van der Waals surface area contributed by atoms with E-state index in [0.29, 0.717) is 12.8 Å². The Balaban J connectivity index is 2.21. The Hall–Kier alpha value is -1.15. The lowest BCUT2D eigenvalue weighted by atomic mass is 9.85. The van der Waals surface area contributed by atoms with E-state index in [1.165, 1.54) is 283 Å². The zero-order chi connectivity index (χ0) is 59.1. The molecular formula is C67H131O13P. The van der Waals surface area contributed by atoms with E-state index >= 15 is 0 Å². The molecule has 6 N–H and O–H groups in total. The summed E-state index contributed by atoms with van der Waals surface area (Å²) >= 11 is 0. The first-order valence-corrected chi connectivity index (χ1v) is 36.3. The van der Waals surface area contributed by atoms with Crippen LogP contribution in [-0.4, -0.2) is 98.3 Å². The molecule has 0 aromatic heterocycles. The van der Waals surface area contributed by atoms with E-state index in [4.69, 9.17) is 18.5 Å². The van der Waals surface area contributed by atoms with Gasteiger partial charge in [-0.25, -0.2) is 4.57 Å². The van der Waals surface area contributed by atoms with Crippen molar-refractivity contribution in [3.8, 4) is 0 Å². The van der Waals surface area contributed by atoms with E-state index in [1.807, 2.05) is 0 Å². The number of phosphoric acid groups is 1. The molecule has 13 nitrogen and oxygen atoms in total. The van der Waals surface area contributed by atoms with Crippen LogP contribution < -0.4 is 0 Å². The Labute approximate surface area is 497 Å². The van der Waals surface area contributed by atoms with Crippen molar-refractivity contribution in [3.05, 3.63) is 0 Å². The van der Waals surface area contributed by atoms with Crippen LogP contribution in [-0.2, 0) is 32.7 Å². The van der Waals surface area contributed by atoms with Crippen LogP contribution in [0.5, 0.6) is 0 Å². The van der Waals surface area contributed by atoms with E-state index in [0.717, 1.165) is 38.5 Å². The lowest BCUT2D eigenvalue weighted by Crippen LogP contribution is -2.64. The Morgan fingerprint density at radius 3 is 0.815 bits per heavy atom. The molecule has 0 saturated heterocycles. The quantitative estimate of drug-likeness (QED) is 0.0190. The van der Waals surface area contributed by atoms with Crippen LogP contribution in [0.25, 0.3) is 0 Å². The Morgan fingerprint density at radius 1 is 0.333 bits per heavy atom. The summed E-state index contributed by atoms with van der Waals surface area (Å²) in [5, 5.41) is 50.6. The molecular weight excluding hydrogens is 1040 g/mol. The molecule has 8 atom stereocenters. The largest absolute Gasteiger partial charge is 0.472 e. The van der Waals surface area contributed by atoms with Crippen LogP contribution in [0.3, 0.4) is 0 Å². The topological polar surface area (TPSA) is 210 Å². The van der Waals surface area contributed by atoms with Crippen molar-refractivity contribution >= 4 is 19.8 Å². The molecule has 81 heavy (non-hydrogen) atoms. The van der Waals surface area contributed by atoms with Gasteiger partial charge in [-0.1, -0.05) is 335 Å². The van der Waals surface area contributed by atoms with Gasteiger partial charge in [0.2, 0.25) is 0 Å².